The van der Waals surface area contributed by atoms with Crippen LogP contribution in [0, 0.1) is 11.3 Å². The molecule has 0 radical (unpaired) electrons. The van der Waals surface area contributed by atoms with Crippen LogP contribution in [0.25, 0.3) is 0 Å². The number of ether oxygens (including phenoxy) is 1. The normalized spacial score (nSPS) is 23.4. The van der Waals surface area contributed by atoms with Gasteiger partial charge in [-0.3, -0.25) is 4.79 Å². The second-order valence-corrected chi connectivity index (χ2v) is 5.76. The topological polar surface area (TPSA) is 29.5 Å². The van der Waals surface area contributed by atoms with E-state index in [1.165, 1.54) is 0 Å². The Balaban J connectivity index is 2.52. The van der Waals surface area contributed by atoms with Crippen molar-refractivity contribution >= 4 is 5.91 Å². The van der Waals surface area contributed by atoms with Gasteiger partial charge in [0.05, 0.1) is 6.61 Å². The van der Waals surface area contributed by atoms with E-state index in [0.29, 0.717) is 30.3 Å². The van der Waals surface area contributed by atoms with E-state index in [1.807, 2.05) is 4.90 Å². The van der Waals surface area contributed by atoms with Gasteiger partial charge in [-0.2, -0.15) is 0 Å². The van der Waals surface area contributed by atoms with Crippen LogP contribution < -0.4 is 0 Å². The molecule has 0 aliphatic carbocycles. The fourth-order valence-corrected chi connectivity index (χ4v) is 2.34. The minimum absolute atomic E-state index is 0.295. The first-order valence-corrected chi connectivity index (χ1v) is 6.22. The molecule has 0 spiro atoms. The highest BCUT2D eigenvalue weighted by molar-refractivity contribution is 5.76. The van der Waals surface area contributed by atoms with Gasteiger partial charge in [-0.1, -0.05) is 20.8 Å². The molecule has 0 aromatic heterocycles. The lowest BCUT2D eigenvalue weighted by molar-refractivity contribution is -0.131. The first kappa shape index (κ1) is 13.5. The third-order valence-electron chi connectivity index (χ3n) is 3.60. The quantitative estimate of drug-likeness (QED) is 0.740. The molecule has 1 aliphatic heterocycles. The van der Waals surface area contributed by atoms with E-state index in [9.17, 15) is 4.79 Å². The zero-order valence-corrected chi connectivity index (χ0v) is 11.1. The molecular weight excluding hydrogens is 202 g/mol. The first-order chi connectivity index (χ1) is 7.45. The third kappa shape index (κ3) is 3.78. The van der Waals surface area contributed by atoms with Crippen LogP contribution in [0.1, 0.15) is 40.0 Å². The number of methoxy groups -OCH3 is 1. The molecule has 1 aliphatic rings. The maximum absolute atomic E-state index is 11.9. The monoisotopic (exact) mass is 227 g/mol. The number of nitrogens with zero attached hydrogens (tertiary/aromatic N) is 1. The number of carbonyl (C=O) groups is 1. The van der Waals surface area contributed by atoms with Gasteiger partial charge in [-0.05, 0) is 24.2 Å². The van der Waals surface area contributed by atoms with Gasteiger partial charge in [-0.25, -0.2) is 0 Å². The Morgan fingerprint density at radius 2 is 2.06 bits per heavy atom. The van der Waals surface area contributed by atoms with Crippen LogP contribution in [0.4, 0.5) is 0 Å². The average molecular weight is 227 g/mol. The molecule has 94 valence electrons. The predicted octanol–water partition coefficient (Wildman–Crippen LogP) is 2.31. The maximum atomic E-state index is 11.9. The lowest BCUT2D eigenvalue weighted by Crippen LogP contribution is -2.33. The lowest BCUT2D eigenvalue weighted by Gasteiger charge is -2.29. The maximum Gasteiger partial charge on any atom is 0.222 e. The van der Waals surface area contributed by atoms with Crippen LogP contribution in [0.2, 0.25) is 0 Å². The highest BCUT2D eigenvalue weighted by atomic mass is 16.5. The van der Waals surface area contributed by atoms with Crippen molar-refractivity contribution in [3.8, 4) is 0 Å². The van der Waals surface area contributed by atoms with Crippen molar-refractivity contribution < 1.29 is 9.53 Å². The van der Waals surface area contributed by atoms with Gasteiger partial charge in [-0.15, -0.1) is 0 Å². The van der Waals surface area contributed by atoms with Gasteiger partial charge in [0, 0.05) is 26.6 Å². The van der Waals surface area contributed by atoms with Crippen molar-refractivity contribution in [2.45, 2.75) is 40.0 Å². The fourth-order valence-electron chi connectivity index (χ4n) is 2.34. The summed E-state index contributed by atoms with van der Waals surface area (Å²) in [5.74, 6) is 0.952. The fraction of sp³-hybridized carbons (Fsp3) is 0.923. The number of carbonyl (C=O) groups excluding carboxylic acids is 1. The molecule has 0 bridgehead atoms. The summed E-state index contributed by atoms with van der Waals surface area (Å²) in [6.45, 7) is 9.09. The number of likely N-dealkylation sites (tertiary alicyclic amines) is 1. The van der Waals surface area contributed by atoms with Crippen molar-refractivity contribution in [2.75, 3.05) is 26.8 Å². The number of rotatable bonds is 3. The molecule has 1 amide bonds. The first-order valence-electron chi connectivity index (χ1n) is 6.22. The van der Waals surface area contributed by atoms with Crippen LogP contribution in [-0.4, -0.2) is 37.6 Å². The molecule has 1 heterocycles. The van der Waals surface area contributed by atoms with E-state index in [1.54, 1.807) is 7.11 Å². The summed E-state index contributed by atoms with van der Waals surface area (Å²) in [5.41, 5.74) is 0.317. The Kier molecular flexibility index (Phi) is 4.78. The Morgan fingerprint density at radius 1 is 1.38 bits per heavy atom. The standard InChI is InChI=1S/C13H25NO2/c1-13(2,3)11-5-6-12(15)14(8-7-11)9-10-16-4/h11H,5-10H2,1-4H3. The van der Waals surface area contributed by atoms with Crippen LogP contribution in [-0.2, 0) is 9.53 Å². The summed E-state index contributed by atoms with van der Waals surface area (Å²) in [4.78, 5) is 13.8. The summed E-state index contributed by atoms with van der Waals surface area (Å²) in [6, 6.07) is 0. The number of hydrogen-bond acceptors (Lipinski definition) is 2. The van der Waals surface area contributed by atoms with Gasteiger partial charge in [0.15, 0.2) is 0 Å². The van der Waals surface area contributed by atoms with Gasteiger partial charge >= 0.3 is 0 Å². The molecule has 16 heavy (non-hydrogen) atoms. The van der Waals surface area contributed by atoms with Crippen LogP contribution in [0.15, 0.2) is 0 Å². The Labute approximate surface area is 99.1 Å². The average Bonchev–Trinajstić information content (AvgIpc) is 2.37. The molecule has 0 saturated carbocycles. The Bertz CT molecular complexity index is 233. The van der Waals surface area contributed by atoms with Crippen LogP contribution in [0.5, 0.6) is 0 Å². The van der Waals surface area contributed by atoms with E-state index in [4.69, 9.17) is 4.74 Å². The molecule has 3 nitrogen and oxygen atoms in total. The van der Waals surface area contributed by atoms with E-state index in [0.717, 1.165) is 25.9 Å². The van der Waals surface area contributed by atoms with Crippen molar-refractivity contribution in [2.24, 2.45) is 11.3 Å². The lowest BCUT2D eigenvalue weighted by atomic mass is 9.77. The molecule has 0 aromatic carbocycles. The van der Waals surface area contributed by atoms with E-state index < -0.39 is 0 Å². The molecule has 0 aromatic rings. The summed E-state index contributed by atoms with van der Waals surface area (Å²) >= 11 is 0. The van der Waals surface area contributed by atoms with Crippen LogP contribution in [0.3, 0.4) is 0 Å². The van der Waals surface area contributed by atoms with E-state index in [-0.39, 0.29) is 0 Å². The zero-order chi connectivity index (χ0) is 12.2. The molecule has 1 atom stereocenters. The summed E-state index contributed by atoms with van der Waals surface area (Å²) in [5, 5.41) is 0. The van der Waals surface area contributed by atoms with Gasteiger partial charge in [0.1, 0.15) is 0 Å². The second kappa shape index (κ2) is 5.67. The smallest absolute Gasteiger partial charge is 0.222 e. The van der Waals surface area contributed by atoms with Gasteiger partial charge in [0.25, 0.3) is 0 Å². The van der Waals surface area contributed by atoms with Gasteiger partial charge < -0.3 is 9.64 Å². The molecule has 0 N–H and O–H groups in total. The van der Waals surface area contributed by atoms with Crippen molar-refractivity contribution in [1.82, 2.24) is 4.90 Å². The van der Waals surface area contributed by atoms with Crippen molar-refractivity contribution in [1.29, 1.82) is 0 Å². The van der Waals surface area contributed by atoms with Crippen molar-refractivity contribution in [3.63, 3.8) is 0 Å². The molecular formula is C13H25NO2. The Hall–Kier alpha value is -0.570. The summed E-state index contributed by atoms with van der Waals surface area (Å²) in [6.07, 6.45) is 2.86. The molecule has 1 saturated heterocycles. The molecule has 1 rings (SSSR count). The SMILES string of the molecule is COCCN1CCC(C(C)(C)C)CCC1=O. The third-order valence-corrected chi connectivity index (χ3v) is 3.60. The zero-order valence-electron chi connectivity index (χ0n) is 11.1. The highest BCUT2D eigenvalue weighted by Gasteiger charge is 2.29. The molecule has 1 unspecified atom stereocenters. The second-order valence-electron chi connectivity index (χ2n) is 5.76. The van der Waals surface area contributed by atoms with Crippen molar-refractivity contribution in [3.05, 3.63) is 0 Å². The predicted molar refractivity (Wildman–Crippen MR) is 65.3 cm³/mol. The minimum atomic E-state index is 0.295. The Morgan fingerprint density at radius 3 is 2.62 bits per heavy atom. The highest BCUT2D eigenvalue weighted by Crippen LogP contribution is 2.34. The number of hydrogen-bond donors (Lipinski definition) is 0. The van der Waals surface area contributed by atoms with E-state index >= 15 is 0 Å². The van der Waals surface area contributed by atoms with E-state index in [2.05, 4.69) is 20.8 Å². The largest absolute Gasteiger partial charge is 0.383 e. The van der Waals surface area contributed by atoms with Crippen LogP contribution >= 0.6 is 0 Å². The minimum Gasteiger partial charge on any atom is -0.383 e. The number of amides is 1. The summed E-state index contributed by atoms with van der Waals surface area (Å²) < 4.78 is 5.03. The molecule has 1 fully saturated rings. The summed E-state index contributed by atoms with van der Waals surface area (Å²) in [7, 11) is 1.68. The molecule has 3 heteroatoms. The van der Waals surface area contributed by atoms with Gasteiger partial charge in [0.2, 0.25) is 5.91 Å².